The molecule has 4 rings (SSSR count). The molecule has 11 nitrogen and oxygen atoms in total. The van der Waals surface area contributed by atoms with Crippen molar-refractivity contribution in [2.24, 2.45) is 5.73 Å². The molecule has 0 spiro atoms. The molecular weight excluding hydrogens is 554 g/mol. The Bertz CT molecular complexity index is 1510. The van der Waals surface area contributed by atoms with E-state index in [2.05, 4.69) is 10.6 Å². The molecule has 5 N–H and O–H groups in total. The van der Waals surface area contributed by atoms with E-state index in [4.69, 9.17) is 15.9 Å². The lowest BCUT2D eigenvalue weighted by atomic mass is 10.2. The minimum atomic E-state index is -3.52. The summed E-state index contributed by atoms with van der Waals surface area (Å²) in [5.41, 5.74) is 6.32. The van der Waals surface area contributed by atoms with Crippen molar-refractivity contribution >= 4 is 44.7 Å². The average Bonchev–Trinajstić information content (AvgIpc) is 3.59. The summed E-state index contributed by atoms with van der Waals surface area (Å²) in [5.74, 6) is -0.472. The van der Waals surface area contributed by atoms with E-state index >= 15 is 0 Å². The van der Waals surface area contributed by atoms with Crippen LogP contribution in [0.15, 0.2) is 66.0 Å². The van der Waals surface area contributed by atoms with Gasteiger partial charge in [-0.15, -0.1) is 11.3 Å². The van der Waals surface area contributed by atoms with E-state index in [1.165, 1.54) is 16.2 Å². The highest BCUT2D eigenvalue weighted by Gasteiger charge is 2.43. The van der Waals surface area contributed by atoms with Crippen molar-refractivity contribution in [1.82, 2.24) is 15.5 Å². The van der Waals surface area contributed by atoms with Crippen LogP contribution in [0, 0.1) is 5.41 Å². The summed E-state index contributed by atoms with van der Waals surface area (Å²) in [7, 11) is -3.52. The minimum Gasteiger partial charge on any atom is -0.457 e. The first kappa shape index (κ1) is 28.8. The van der Waals surface area contributed by atoms with Crippen LogP contribution >= 0.6 is 11.3 Å². The van der Waals surface area contributed by atoms with Crippen LogP contribution in [0.3, 0.4) is 0 Å². The molecule has 1 aliphatic rings. The van der Waals surface area contributed by atoms with Crippen LogP contribution in [0.4, 0.5) is 0 Å². The van der Waals surface area contributed by atoms with Gasteiger partial charge in [-0.2, -0.15) is 0 Å². The molecule has 40 heavy (non-hydrogen) atoms. The average molecular weight is 584 g/mol. The van der Waals surface area contributed by atoms with Crippen molar-refractivity contribution in [3.63, 3.8) is 0 Å². The van der Waals surface area contributed by atoms with Gasteiger partial charge in [0.1, 0.15) is 23.4 Å². The van der Waals surface area contributed by atoms with Gasteiger partial charge >= 0.3 is 0 Å². The molecule has 1 fully saturated rings. The lowest BCUT2D eigenvalue weighted by molar-refractivity contribution is -0.137. The molecule has 2 heterocycles. The molecular formula is C27H29N5O6S2. The highest BCUT2D eigenvalue weighted by atomic mass is 32.2. The third-order valence-electron chi connectivity index (χ3n) is 6.39. The highest BCUT2D eigenvalue weighted by molar-refractivity contribution is 7.91. The van der Waals surface area contributed by atoms with Crippen molar-refractivity contribution in [2.75, 3.05) is 19.3 Å². The smallest absolute Gasteiger partial charge is 0.251 e. The number of benzene rings is 2. The van der Waals surface area contributed by atoms with Crippen molar-refractivity contribution in [3.8, 4) is 11.5 Å². The van der Waals surface area contributed by atoms with Gasteiger partial charge in [0.15, 0.2) is 9.84 Å². The summed E-state index contributed by atoms with van der Waals surface area (Å²) in [6, 6.07) is 16.2. The number of nitrogens with zero attached hydrogens (tertiary/aromatic N) is 1. The van der Waals surface area contributed by atoms with Gasteiger partial charge in [0.25, 0.3) is 5.91 Å². The second-order valence-electron chi connectivity index (χ2n) is 9.30. The Labute approximate surface area is 235 Å². The van der Waals surface area contributed by atoms with E-state index in [1.807, 2.05) is 18.2 Å². The van der Waals surface area contributed by atoms with Gasteiger partial charge in [-0.25, -0.2) is 8.42 Å². The van der Waals surface area contributed by atoms with Gasteiger partial charge in [0.05, 0.1) is 18.3 Å². The number of hydrogen-bond acceptors (Lipinski definition) is 8. The van der Waals surface area contributed by atoms with Crippen molar-refractivity contribution in [3.05, 3.63) is 82.0 Å². The molecule has 0 bridgehead atoms. The van der Waals surface area contributed by atoms with E-state index in [9.17, 15) is 22.8 Å². The topological polar surface area (TPSA) is 172 Å². The standard InChI is InChI=1S/C27H29N5O6S2/c1-40(36,37)22-12-23(27(35)30-13-21-11-18(16-39-21)25(28)29)32(15-22)24(33)14-31-26(34)17-7-9-20(10-8-17)38-19-5-3-2-4-6-19/h2-11,16,22-23H,12-15H2,1H3,(H3,28,29)(H,30,35)(H,31,34)/t22-,23+/m1/s1. The van der Waals surface area contributed by atoms with Gasteiger partial charge in [-0.05, 0) is 48.9 Å². The van der Waals surface area contributed by atoms with Gasteiger partial charge in [0, 0.05) is 34.2 Å². The molecule has 3 amide bonds. The lowest BCUT2D eigenvalue weighted by Crippen LogP contribution is -2.48. The van der Waals surface area contributed by atoms with E-state index in [1.54, 1.807) is 47.8 Å². The fourth-order valence-corrected chi connectivity index (χ4v) is 5.98. The van der Waals surface area contributed by atoms with Crippen molar-refractivity contribution in [1.29, 1.82) is 5.41 Å². The molecule has 13 heteroatoms. The van der Waals surface area contributed by atoms with Crippen molar-refractivity contribution < 1.29 is 27.5 Å². The Morgan fingerprint density at radius 1 is 1.05 bits per heavy atom. The third kappa shape index (κ3) is 7.24. The van der Waals surface area contributed by atoms with Gasteiger partial charge < -0.3 is 26.0 Å². The first-order valence-corrected chi connectivity index (χ1v) is 15.1. The number of amidine groups is 1. The zero-order valence-electron chi connectivity index (χ0n) is 21.6. The summed E-state index contributed by atoms with van der Waals surface area (Å²) in [6.07, 6.45) is 1.03. The molecule has 0 radical (unpaired) electrons. The van der Waals surface area contributed by atoms with Gasteiger partial charge in [0.2, 0.25) is 11.8 Å². The van der Waals surface area contributed by atoms with Crippen LogP contribution in [0.1, 0.15) is 27.2 Å². The number of carbonyl (C=O) groups excluding carboxylic acids is 3. The summed E-state index contributed by atoms with van der Waals surface area (Å²) < 4.78 is 30.2. The minimum absolute atomic E-state index is 0.0453. The first-order valence-electron chi connectivity index (χ1n) is 12.3. The largest absolute Gasteiger partial charge is 0.457 e. The summed E-state index contributed by atoms with van der Waals surface area (Å²) >= 11 is 1.32. The van der Waals surface area contributed by atoms with Crippen LogP contribution in [0.2, 0.25) is 0 Å². The first-order chi connectivity index (χ1) is 19.0. The molecule has 210 valence electrons. The number of nitrogen functional groups attached to an aromatic ring is 1. The normalized spacial score (nSPS) is 16.8. The monoisotopic (exact) mass is 583 g/mol. The molecule has 0 aliphatic carbocycles. The zero-order valence-corrected chi connectivity index (χ0v) is 23.3. The fraction of sp³-hybridized carbons (Fsp3) is 0.259. The number of carbonyl (C=O) groups is 3. The van der Waals surface area contributed by atoms with Gasteiger partial charge in [-0.1, -0.05) is 18.2 Å². The lowest BCUT2D eigenvalue weighted by Gasteiger charge is -2.24. The van der Waals surface area contributed by atoms with Crippen molar-refractivity contribution in [2.45, 2.75) is 24.3 Å². The van der Waals surface area contributed by atoms with E-state index in [-0.39, 0.29) is 25.3 Å². The number of rotatable bonds is 10. The number of sulfone groups is 1. The predicted molar refractivity (Wildman–Crippen MR) is 151 cm³/mol. The third-order valence-corrected chi connectivity index (χ3v) is 8.88. The fourth-order valence-electron chi connectivity index (χ4n) is 4.20. The van der Waals surface area contributed by atoms with Crippen LogP contribution in [0.25, 0.3) is 0 Å². The SMILES string of the molecule is CS(=O)(=O)[C@@H]1C[C@@H](C(=O)NCc2cc(C(=N)N)cs2)N(C(=O)CNC(=O)c2ccc(Oc3ccccc3)cc2)C1. The number of hydrogen-bond donors (Lipinski definition) is 4. The van der Waals surface area contributed by atoms with Crippen LogP contribution in [0.5, 0.6) is 11.5 Å². The van der Waals surface area contributed by atoms with E-state index in [0.29, 0.717) is 22.6 Å². The van der Waals surface area contributed by atoms with Crippen LogP contribution in [-0.4, -0.2) is 67.5 Å². The second-order valence-corrected chi connectivity index (χ2v) is 12.6. The summed E-state index contributed by atoms with van der Waals surface area (Å²) in [6.45, 7) is -0.418. The summed E-state index contributed by atoms with van der Waals surface area (Å²) in [5, 5.41) is 13.6. The zero-order chi connectivity index (χ0) is 28.9. The number of likely N-dealkylation sites (tertiary alicyclic amines) is 1. The number of para-hydroxylation sites is 1. The van der Waals surface area contributed by atoms with E-state index < -0.39 is 45.4 Å². The molecule has 1 aromatic heterocycles. The number of thiophene rings is 1. The maximum Gasteiger partial charge on any atom is 0.251 e. The number of ether oxygens (including phenoxy) is 1. The molecule has 1 saturated heterocycles. The predicted octanol–water partition coefficient (Wildman–Crippen LogP) is 1.88. The second kappa shape index (κ2) is 12.3. The number of amides is 3. The Balaban J connectivity index is 1.36. The maximum atomic E-state index is 13.1. The quantitative estimate of drug-likeness (QED) is 0.208. The number of nitrogens with one attached hydrogen (secondary N) is 3. The molecule has 2 aromatic carbocycles. The van der Waals surface area contributed by atoms with Gasteiger partial charge in [-0.3, -0.25) is 19.8 Å². The maximum absolute atomic E-state index is 13.1. The molecule has 0 unspecified atom stereocenters. The Morgan fingerprint density at radius 3 is 2.35 bits per heavy atom. The number of nitrogens with two attached hydrogens (primary N) is 1. The molecule has 0 saturated carbocycles. The Kier molecular flexibility index (Phi) is 8.85. The summed E-state index contributed by atoms with van der Waals surface area (Å²) in [4.78, 5) is 40.7. The molecule has 1 aliphatic heterocycles. The van der Waals surface area contributed by atoms with Crippen LogP contribution < -0.4 is 21.1 Å². The van der Waals surface area contributed by atoms with E-state index in [0.717, 1.165) is 11.1 Å². The van der Waals surface area contributed by atoms with Crippen LogP contribution in [-0.2, 0) is 26.0 Å². The Hall–Kier alpha value is -4.23. The highest BCUT2D eigenvalue weighted by Crippen LogP contribution is 2.24. The Morgan fingerprint density at radius 2 is 1.73 bits per heavy atom. The molecule has 3 aromatic rings. The molecule has 2 atom stereocenters.